The van der Waals surface area contributed by atoms with Crippen molar-refractivity contribution in [3.05, 3.63) is 71.3 Å². The van der Waals surface area contributed by atoms with Crippen LogP contribution in [-0.4, -0.2) is 23.3 Å². The first-order chi connectivity index (χ1) is 11.7. The summed E-state index contributed by atoms with van der Waals surface area (Å²) < 4.78 is 0. The zero-order chi connectivity index (χ0) is 16.9. The Kier molecular flexibility index (Phi) is 5.09. The van der Waals surface area contributed by atoms with E-state index in [4.69, 9.17) is 0 Å². The second kappa shape index (κ2) is 7.43. The summed E-state index contributed by atoms with van der Waals surface area (Å²) >= 11 is 0. The number of aryl methyl sites for hydroxylation is 1. The second-order valence-electron chi connectivity index (χ2n) is 6.58. The maximum atomic E-state index is 12.3. The molecule has 3 nitrogen and oxygen atoms in total. The smallest absolute Gasteiger partial charge is 0.261 e. The Morgan fingerprint density at radius 2 is 1.42 bits per heavy atom. The van der Waals surface area contributed by atoms with Gasteiger partial charge in [0, 0.05) is 6.54 Å². The van der Waals surface area contributed by atoms with Crippen molar-refractivity contribution in [3.63, 3.8) is 0 Å². The van der Waals surface area contributed by atoms with E-state index in [1.54, 1.807) is 24.3 Å². The third kappa shape index (κ3) is 3.56. The molecule has 2 aromatic carbocycles. The van der Waals surface area contributed by atoms with Crippen LogP contribution in [-0.2, 0) is 6.42 Å². The van der Waals surface area contributed by atoms with Crippen LogP contribution in [0.4, 0.5) is 0 Å². The SMILES string of the molecule is CC(CCCN1C(=O)c2ccccc2C1=O)CCc1ccccc1. The Balaban J connectivity index is 1.45. The van der Waals surface area contributed by atoms with E-state index in [2.05, 4.69) is 31.2 Å². The number of imide groups is 1. The standard InChI is InChI=1S/C21H23NO2/c1-16(13-14-17-9-3-2-4-10-17)8-7-15-22-20(23)18-11-5-6-12-19(18)21(22)24/h2-6,9-12,16H,7-8,13-15H2,1H3. The van der Waals surface area contributed by atoms with Crippen molar-refractivity contribution < 1.29 is 9.59 Å². The molecule has 2 amide bonds. The van der Waals surface area contributed by atoms with Crippen molar-refractivity contribution in [2.45, 2.75) is 32.6 Å². The third-order valence-corrected chi connectivity index (χ3v) is 4.73. The van der Waals surface area contributed by atoms with Crippen molar-refractivity contribution in [2.24, 2.45) is 5.92 Å². The van der Waals surface area contributed by atoms with E-state index >= 15 is 0 Å². The third-order valence-electron chi connectivity index (χ3n) is 4.73. The van der Waals surface area contributed by atoms with Crippen LogP contribution in [0.1, 0.15) is 52.5 Å². The van der Waals surface area contributed by atoms with E-state index in [9.17, 15) is 9.59 Å². The number of hydrogen-bond donors (Lipinski definition) is 0. The van der Waals surface area contributed by atoms with Crippen LogP contribution in [0.2, 0.25) is 0 Å². The lowest BCUT2D eigenvalue weighted by atomic mass is 9.97. The molecule has 0 N–H and O–H groups in total. The quantitative estimate of drug-likeness (QED) is 0.712. The van der Waals surface area contributed by atoms with E-state index in [0.717, 1.165) is 25.7 Å². The molecule has 3 rings (SSSR count). The molecule has 1 atom stereocenters. The van der Waals surface area contributed by atoms with Crippen LogP contribution in [0.15, 0.2) is 54.6 Å². The molecule has 0 radical (unpaired) electrons. The van der Waals surface area contributed by atoms with E-state index in [1.807, 2.05) is 6.07 Å². The summed E-state index contributed by atoms with van der Waals surface area (Å²) in [5.41, 5.74) is 2.45. The van der Waals surface area contributed by atoms with Crippen LogP contribution < -0.4 is 0 Å². The first-order valence-corrected chi connectivity index (χ1v) is 8.66. The Morgan fingerprint density at radius 3 is 2.04 bits per heavy atom. The molecule has 3 heteroatoms. The van der Waals surface area contributed by atoms with Gasteiger partial charge in [-0.1, -0.05) is 49.4 Å². The van der Waals surface area contributed by atoms with E-state index in [1.165, 1.54) is 10.5 Å². The van der Waals surface area contributed by atoms with Crippen LogP contribution >= 0.6 is 0 Å². The summed E-state index contributed by atoms with van der Waals surface area (Å²) in [5.74, 6) is 0.292. The average Bonchev–Trinajstić information content (AvgIpc) is 2.86. The molecule has 0 saturated carbocycles. The maximum absolute atomic E-state index is 12.3. The van der Waals surface area contributed by atoms with Crippen LogP contribution in [0.25, 0.3) is 0 Å². The largest absolute Gasteiger partial charge is 0.274 e. The van der Waals surface area contributed by atoms with Crippen molar-refractivity contribution in [2.75, 3.05) is 6.54 Å². The number of fused-ring (bicyclic) bond motifs is 1. The van der Waals surface area contributed by atoms with Gasteiger partial charge in [-0.2, -0.15) is 0 Å². The summed E-state index contributed by atoms with van der Waals surface area (Å²) in [6, 6.07) is 17.6. The van der Waals surface area contributed by atoms with Gasteiger partial charge in [0.2, 0.25) is 0 Å². The Hall–Kier alpha value is -2.42. The van der Waals surface area contributed by atoms with E-state index < -0.39 is 0 Å². The van der Waals surface area contributed by atoms with Gasteiger partial charge in [0.1, 0.15) is 0 Å². The Labute approximate surface area is 143 Å². The fourth-order valence-corrected chi connectivity index (χ4v) is 3.24. The van der Waals surface area contributed by atoms with Crippen LogP contribution in [0.3, 0.4) is 0 Å². The molecule has 24 heavy (non-hydrogen) atoms. The Bertz CT molecular complexity index is 689. The number of nitrogens with zero attached hydrogens (tertiary/aromatic N) is 1. The number of amides is 2. The molecular weight excluding hydrogens is 298 g/mol. The molecule has 0 saturated heterocycles. The van der Waals surface area contributed by atoms with Gasteiger partial charge in [-0.25, -0.2) is 0 Å². The summed E-state index contributed by atoms with van der Waals surface area (Å²) in [6.07, 6.45) is 4.10. The molecule has 1 aliphatic rings. The van der Waals surface area contributed by atoms with Crippen molar-refractivity contribution >= 4 is 11.8 Å². The predicted molar refractivity (Wildman–Crippen MR) is 95.0 cm³/mol. The lowest BCUT2D eigenvalue weighted by Gasteiger charge is -2.16. The lowest BCUT2D eigenvalue weighted by molar-refractivity contribution is 0.0650. The summed E-state index contributed by atoms with van der Waals surface area (Å²) in [5, 5.41) is 0. The Morgan fingerprint density at radius 1 is 0.833 bits per heavy atom. The van der Waals surface area contributed by atoms with Gasteiger partial charge >= 0.3 is 0 Å². The zero-order valence-electron chi connectivity index (χ0n) is 14.1. The second-order valence-corrected chi connectivity index (χ2v) is 6.58. The van der Waals surface area contributed by atoms with Gasteiger partial charge in [0.05, 0.1) is 11.1 Å². The van der Waals surface area contributed by atoms with Gasteiger partial charge < -0.3 is 0 Å². The predicted octanol–water partition coefficient (Wildman–Crippen LogP) is 4.33. The molecule has 0 spiro atoms. The van der Waals surface area contributed by atoms with E-state index in [-0.39, 0.29) is 11.8 Å². The normalized spacial score (nSPS) is 14.8. The van der Waals surface area contributed by atoms with Crippen molar-refractivity contribution in [1.29, 1.82) is 0 Å². The maximum Gasteiger partial charge on any atom is 0.261 e. The number of rotatable bonds is 7. The van der Waals surface area contributed by atoms with Crippen molar-refractivity contribution in [1.82, 2.24) is 4.90 Å². The molecule has 0 fully saturated rings. The van der Waals surface area contributed by atoms with Gasteiger partial charge in [0.25, 0.3) is 11.8 Å². The molecule has 1 unspecified atom stereocenters. The number of carbonyl (C=O) groups is 2. The number of carbonyl (C=O) groups excluding carboxylic acids is 2. The summed E-state index contributed by atoms with van der Waals surface area (Å²) in [4.78, 5) is 26.0. The zero-order valence-corrected chi connectivity index (χ0v) is 14.1. The molecule has 1 heterocycles. The van der Waals surface area contributed by atoms with Crippen LogP contribution in [0.5, 0.6) is 0 Å². The minimum Gasteiger partial charge on any atom is -0.274 e. The molecule has 2 aromatic rings. The molecule has 0 aromatic heterocycles. The number of hydrogen-bond acceptors (Lipinski definition) is 2. The first-order valence-electron chi connectivity index (χ1n) is 8.66. The summed E-state index contributed by atoms with van der Waals surface area (Å²) in [6.45, 7) is 2.76. The molecule has 1 aliphatic heterocycles. The molecular formula is C21H23NO2. The molecule has 0 aliphatic carbocycles. The van der Waals surface area contributed by atoms with Crippen LogP contribution in [0, 0.1) is 5.92 Å². The monoisotopic (exact) mass is 321 g/mol. The minimum absolute atomic E-state index is 0.146. The van der Waals surface area contributed by atoms with Gasteiger partial charge in [-0.05, 0) is 49.3 Å². The van der Waals surface area contributed by atoms with Crippen molar-refractivity contribution in [3.8, 4) is 0 Å². The highest BCUT2D eigenvalue weighted by atomic mass is 16.2. The highest BCUT2D eigenvalue weighted by Gasteiger charge is 2.34. The highest BCUT2D eigenvalue weighted by molar-refractivity contribution is 6.21. The minimum atomic E-state index is -0.146. The first kappa shape index (κ1) is 16.4. The van der Waals surface area contributed by atoms with Gasteiger partial charge in [-0.3, -0.25) is 14.5 Å². The van der Waals surface area contributed by atoms with Gasteiger partial charge in [0.15, 0.2) is 0 Å². The molecule has 0 bridgehead atoms. The lowest BCUT2D eigenvalue weighted by Crippen LogP contribution is -2.30. The number of benzene rings is 2. The average molecular weight is 321 g/mol. The fourth-order valence-electron chi connectivity index (χ4n) is 3.24. The van der Waals surface area contributed by atoms with E-state index in [0.29, 0.717) is 23.6 Å². The molecule has 124 valence electrons. The highest BCUT2D eigenvalue weighted by Crippen LogP contribution is 2.23. The van der Waals surface area contributed by atoms with Gasteiger partial charge in [-0.15, -0.1) is 0 Å². The topological polar surface area (TPSA) is 37.4 Å². The fraction of sp³-hybridized carbons (Fsp3) is 0.333. The summed E-state index contributed by atoms with van der Waals surface area (Å²) in [7, 11) is 0.